The Kier molecular flexibility index (Phi) is 5.85. The molecule has 1 aromatic heterocycles. The van der Waals surface area contributed by atoms with E-state index < -0.39 is 0 Å². The predicted octanol–water partition coefficient (Wildman–Crippen LogP) is 13.7. The van der Waals surface area contributed by atoms with Crippen molar-refractivity contribution in [2.24, 2.45) is 0 Å². The molecule has 218 valence electrons. The Bertz CT molecular complexity index is 2780. The molecule has 0 aliphatic rings. The van der Waals surface area contributed by atoms with Crippen LogP contribution in [-0.4, -0.2) is 0 Å². The molecular weight excluding hydrogens is 585 g/mol. The Morgan fingerprint density at radius 3 is 1.60 bits per heavy atom. The first kappa shape index (κ1) is 26.5. The third-order valence-corrected chi connectivity index (χ3v) is 11.0. The summed E-state index contributed by atoms with van der Waals surface area (Å²) in [6.07, 6.45) is 0. The van der Waals surface area contributed by atoms with Crippen molar-refractivity contribution < 1.29 is 0 Å². The van der Waals surface area contributed by atoms with Gasteiger partial charge in [0, 0.05) is 20.2 Å². The second-order valence-electron chi connectivity index (χ2n) is 12.4. The fourth-order valence-corrected chi connectivity index (χ4v) is 8.95. The molecule has 9 aromatic carbocycles. The second kappa shape index (κ2) is 10.4. The molecule has 0 atom stereocenters. The highest BCUT2D eigenvalue weighted by Gasteiger charge is 2.20. The van der Waals surface area contributed by atoms with Gasteiger partial charge in [-0.3, -0.25) is 0 Å². The Hall–Kier alpha value is -5.76. The fraction of sp³-hybridized carbons (Fsp3) is 0. The summed E-state index contributed by atoms with van der Waals surface area (Å²) < 4.78 is 2.69. The number of hydrogen-bond acceptors (Lipinski definition) is 1. The maximum Gasteiger partial charge on any atom is 0.0434 e. The van der Waals surface area contributed by atoms with Gasteiger partial charge in [-0.25, -0.2) is 0 Å². The molecular formula is C46H28S. The van der Waals surface area contributed by atoms with Crippen LogP contribution in [0.3, 0.4) is 0 Å². The van der Waals surface area contributed by atoms with Gasteiger partial charge < -0.3 is 0 Å². The van der Waals surface area contributed by atoms with E-state index in [1.807, 2.05) is 11.3 Å². The summed E-state index contributed by atoms with van der Waals surface area (Å²) in [5, 5.41) is 13.0. The minimum absolute atomic E-state index is 1.23. The van der Waals surface area contributed by atoms with Crippen LogP contribution in [0.25, 0.3) is 96.6 Å². The predicted molar refractivity (Wildman–Crippen MR) is 206 cm³/mol. The van der Waals surface area contributed by atoms with Crippen molar-refractivity contribution in [2.45, 2.75) is 0 Å². The summed E-state index contributed by atoms with van der Waals surface area (Å²) in [5.41, 5.74) is 7.61. The third-order valence-electron chi connectivity index (χ3n) is 9.84. The zero-order valence-corrected chi connectivity index (χ0v) is 26.4. The molecule has 0 fully saturated rings. The molecule has 0 aliphatic carbocycles. The highest BCUT2D eigenvalue weighted by atomic mass is 32.1. The third kappa shape index (κ3) is 4.07. The molecule has 1 heterocycles. The zero-order valence-electron chi connectivity index (χ0n) is 25.6. The van der Waals surface area contributed by atoms with E-state index >= 15 is 0 Å². The Morgan fingerprint density at radius 1 is 0.319 bits per heavy atom. The lowest BCUT2D eigenvalue weighted by Crippen LogP contribution is -1.91. The van der Waals surface area contributed by atoms with Crippen LogP contribution in [0.5, 0.6) is 0 Å². The molecule has 0 N–H and O–H groups in total. The lowest BCUT2D eigenvalue weighted by molar-refractivity contribution is 1.63. The Labute approximate surface area is 276 Å². The number of rotatable bonds is 3. The molecule has 0 saturated carbocycles. The average Bonchev–Trinajstić information content (AvgIpc) is 3.54. The van der Waals surface area contributed by atoms with Crippen molar-refractivity contribution in [3.63, 3.8) is 0 Å². The van der Waals surface area contributed by atoms with Crippen molar-refractivity contribution in [1.29, 1.82) is 0 Å². The van der Waals surface area contributed by atoms with Crippen LogP contribution in [0.15, 0.2) is 170 Å². The molecule has 0 nitrogen and oxygen atoms in total. The highest BCUT2D eigenvalue weighted by molar-refractivity contribution is 7.26. The van der Waals surface area contributed by atoms with Gasteiger partial charge >= 0.3 is 0 Å². The molecule has 0 unspecified atom stereocenters. The molecule has 0 amide bonds. The fourth-order valence-electron chi connectivity index (χ4n) is 7.69. The molecule has 10 aromatic rings. The number of benzene rings is 9. The monoisotopic (exact) mass is 612 g/mol. The maximum atomic E-state index is 2.33. The van der Waals surface area contributed by atoms with Gasteiger partial charge in [0.2, 0.25) is 0 Å². The topological polar surface area (TPSA) is 0 Å². The van der Waals surface area contributed by atoms with Crippen LogP contribution in [0, 0.1) is 0 Å². The van der Waals surface area contributed by atoms with Crippen LogP contribution in [0.2, 0.25) is 0 Å². The smallest absolute Gasteiger partial charge is 0.0434 e. The van der Waals surface area contributed by atoms with Gasteiger partial charge in [0.25, 0.3) is 0 Å². The van der Waals surface area contributed by atoms with Gasteiger partial charge in [-0.2, -0.15) is 0 Å². The van der Waals surface area contributed by atoms with E-state index in [4.69, 9.17) is 0 Å². The quantitative estimate of drug-likeness (QED) is 0.174. The normalized spacial score (nSPS) is 11.8. The van der Waals surface area contributed by atoms with Crippen molar-refractivity contribution >= 4 is 74.6 Å². The van der Waals surface area contributed by atoms with E-state index in [0.29, 0.717) is 0 Å². The molecule has 47 heavy (non-hydrogen) atoms. The molecule has 0 spiro atoms. The van der Waals surface area contributed by atoms with Gasteiger partial charge in [-0.15, -0.1) is 11.3 Å². The molecule has 0 radical (unpaired) electrons. The number of hydrogen-bond donors (Lipinski definition) is 0. The van der Waals surface area contributed by atoms with Crippen molar-refractivity contribution in [2.75, 3.05) is 0 Å². The van der Waals surface area contributed by atoms with Gasteiger partial charge in [-0.05, 0) is 88.6 Å². The highest BCUT2D eigenvalue weighted by Crippen LogP contribution is 2.48. The largest absolute Gasteiger partial charge is 0.135 e. The Morgan fingerprint density at radius 2 is 0.872 bits per heavy atom. The van der Waals surface area contributed by atoms with Gasteiger partial charge in [-0.1, -0.05) is 158 Å². The molecule has 1 heteroatoms. The van der Waals surface area contributed by atoms with Crippen LogP contribution >= 0.6 is 11.3 Å². The van der Waals surface area contributed by atoms with Crippen molar-refractivity contribution in [3.05, 3.63) is 170 Å². The average molecular weight is 613 g/mol. The lowest BCUT2D eigenvalue weighted by atomic mass is 9.84. The van der Waals surface area contributed by atoms with Gasteiger partial charge in [0.15, 0.2) is 0 Å². The molecule has 0 saturated heterocycles. The Balaban J connectivity index is 1.22. The van der Waals surface area contributed by atoms with Gasteiger partial charge in [0.1, 0.15) is 0 Å². The zero-order chi connectivity index (χ0) is 30.9. The summed E-state index contributed by atoms with van der Waals surface area (Å²) in [7, 11) is 0. The minimum atomic E-state index is 1.23. The first-order chi connectivity index (χ1) is 23.3. The van der Waals surface area contributed by atoms with E-state index in [1.165, 1.54) is 96.6 Å². The number of thiophene rings is 1. The van der Waals surface area contributed by atoms with Crippen LogP contribution < -0.4 is 0 Å². The summed E-state index contributed by atoms with van der Waals surface area (Å²) in [4.78, 5) is 0. The lowest BCUT2D eigenvalue weighted by Gasteiger charge is -2.18. The molecule has 0 bridgehead atoms. The molecule has 0 aliphatic heterocycles. The SMILES string of the molecule is c1ccc2cc(-c3ccc(-c4c5ccccc5c(-c5cccc6sc7c8ccccc8ccc7c56)c5ccccc45)cc3)ccc2c1. The standard InChI is InChI=1S/C46H28S/c1-2-12-33-28-34(25-22-29(33)10-1)30-20-23-32(24-21-30)43-36-14-5-7-16-38(36)44(39-17-8-6-15-37(39)43)40-18-9-19-42-45(40)41-27-26-31-11-3-4-13-35(31)46(41)47-42/h1-28H. The summed E-state index contributed by atoms with van der Waals surface area (Å²) in [6, 6.07) is 62.7. The number of fused-ring (bicyclic) bond motifs is 8. The van der Waals surface area contributed by atoms with Crippen LogP contribution in [0.4, 0.5) is 0 Å². The van der Waals surface area contributed by atoms with Crippen molar-refractivity contribution in [3.8, 4) is 33.4 Å². The first-order valence-corrected chi connectivity index (χ1v) is 17.0. The second-order valence-corrected chi connectivity index (χ2v) is 13.5. The van der Waals surface area contributed by atoms with E-state index in [1.54, 1.807) is 0 Å². The van der Waals surface area contributed by atoms with Crippen molar-refractivity contribution in [1.82, 2.24) is 0 Å². The first-order valence-electron chi connectivity index (χ1n) is 16.2. The van der Waals surface area contributed by atoms with E-state index in [-0.39, 0.29) is 0 Å². The van der Waals surface area contributed by atoms with Gasteiger partial charge in [0.05, 0.1) is 0 Å². The molecule has 10 rings (SSSR count). The van der Waals surface area contributed by atoms with Crippen LogP contribution in [-0.2, 0) is 0 Å². The van der Waals surface area contributed by atoms with E-state index in [0.717, 1.165) is 0 Å². The van der Waals surface area contributed by atoms with E-state index in [2.05, 4.69) is 170 Å². The summed E-state index contributed by atoms with van der Waals surface area (Å²) >= 11 is 1.91. The summed E-state index contributed by atoms with van der Waals surface area (Å²) in [6.45, 7) is 0. The van der Waals surface area contributed by atoms with E-state index in [9.17, 15) is 0 Å². The summed E-state index contributed by atoms with van der Waals surface area (Å²) in [5.74, 6) is 0. The minimum Gasteiger partial charge on any atom is -0.135 e. The van der Waals surface area contributed by atoms with Crippen LogP contribution in [0.1, 0.15) is 0 Å². The maximum absolute atomic E-state index is 2.33.